The van der Waals surface area contributed by atoms with Gasteiger partial charge >= 0.3 is 0 Å². The van der Waals surface area contributed by atoms with Gasteiger partial charge in [-0.15, -0.1) is 0 Å². The summed E-state index contributed by atoms with van der Waals surface area (Å²) in [6, 6.07) is 29.1. The normalized spacial score (nSPS) is 11.9. The maximum atomic E-state index is 14.3. The molecule has 0 heterocycles. The molecule has 0 saturated heterocycles. The monoisotopic (exact) mass is 603 g/mol. The summed E-state index contributed by atoms with van der Waals surface area (Å²) in [6.45, 7) is 3.35. The maximum Gasteiger partial charge on any atom is 0.264 e. The zero-order valence-electron chi connectivity index (χ0n) is 23.8. The van der Waals surface area contributed by atoms with Crippen molar-refractivity contribution in [2.75, 3.05) is 17.9 Å². The number of amides is 2. The standard InChI is InChI=1S/C33H34ClN3O4S/c1-24-10-9-14-27(20-24)22-36(31(33(39)35-3)21-26-12-5-4-6-13-26)32(38)23-37(30-15-8-7-11-25(30)2)42(40,41)29-18-16-28(34)17-19-29/h4-20,31H,21-23H2,1-3H3,(H,35,39). The minimum atomic E-state index is -4.19. The summed E-state index contributed by atoms with van der Waals surface area (Å²) in [5.74, 6) is -0.857. The zero-order valence-corrected chi connectivity index (χ0v) is 25.4. The van der Waals surface area contributed by atoms with Crippen LogP contribution in [0.2, 0.25) is 5.02 Å². The highest BCUT2D eigenvalue weighted by Crippen LogP contribution is 2.28. The number of sulfonamides is 1. The lowest BCUT2D eigenvalue weighted by molar-refractivity contribution is -0.139. The third-order valence-electron chi connectivity index (χ3n) is 7.02. The van der Waals surface area contributed by atoms with Gasteiger partial charge in [0, 0.05) is 25.0 Å². The van der Waals surface area contributed by atoms with Crippen LogP contribution >= 0.6 is 11.6 Å². The van der Waals surface area contributed by atoms with Crippen LogP contribution in [0.25, 0.3) is 0 Å². The Morgan fingerprint density at radius 3 is 2.12 bits per heavy atom. The van der Waals surface area contributed by atoms with Gasteiger partial charge < -0.3 is 10.2 Å². The molecule has 4 aromatic carbocycles. The summed E-state index contributed by atoms with van der Waals surface area (Å²) in [7, 11) is -2.66. The summed E-state index contributed by atoms with van der Waals surface area (Å²) in [5, 5.41) is 3.09. The Morgan fingerprint density at radius 2 is 1.48 bits per heavy atom. The number of benzene rings is 4. The molecule has 0 aromatic heterocycles. The molecule has 0 aliphatic heterocycles. The second-order valence-electron chi connectivity index (χ2n) is 10.1. The molecule has 42 heavy (non-hydrogen) atoms. The van der Waals surface area contributed by atoms with E-state index in [2.05, 4.69) is 5.32 Å². The highest BCUT2D eigenvalue weighted by molar-refractivity contribution is 7.92. The molecular weight excluding hydrogens is 570 g/mol. The first-order chi connectivity index (χ1) is 20.1. The SMILES string of the molecule is CNC(=O)C(Cc1ccccc1)N(Cc1cccc(C)c1)C(=O)CN(c1ccccc1C)S(=O)(=O)c1ccc(Cl)cc1. The molecule has 1 N–H and O–H groups in total. The summed E-state index contributed by atoms with van der Waals surface area (Å²) < 4.78 is 29.2. The Morgan fingerprint density at radius 1 is 0.833 bits per heavy atom. The van der Waals surface area contributed by atoms with E-state index in [1.54, 1.807) is 31.2 Å². The van der Waals surface area contributed by atoms with Gasteiger partial charge in [-0.05, 0) is 60.9 Å². The van der Waals surface area contributed by atoms with Gasteiger partial charge in [0.2, 0.25) is 11.8 Å². The van der Waals surface area contributed by atoms with Crippen molar-refractivity contribution < 1.29 is 18.0 Å². The number of carbonyl (C=O) groups excluding carboxylic acids is 2. The molecule has 9 heteroatoms. The van der Waals surface area contributed by atoms with E-state index in [0.29, 0.717) is 16.3 Å². The van der Waals surface area contributed by atoms with Crippen molar-refractivity contribution in [3.8, 4) is 0 Å². The van der Waals surface area contributed by atoms with Crippen LogP contribution in [0.5, 0.6) is 0 Å². The van der Waals surface area contributed by atoms with Crippen LogP contribution in [0.15, 0.2) is 108 Å². The predicted octanol–water partition coefficient (Wildman–Crippen LogP) is 5.54. The van der Waals surface area contributed by atoms with Gasteiger partial charge in [-0.2, -0.15) is 0 Å². The second kappa shape index (κ2) is 13.7. The fourth-order valence-corrected chi connectivity index (χ4v) is 6.42. The molecule has 1 unspecified atom stereocenters. The third kappa shape index (κ3) is 7.38. The molecule has 0 saturated carbocycles. The molecule has 0 fully saturated rings. The van der Waals surface area contributed by atoms with Crippen molar-refractivity contribution in [2.45, 2.75) is 37.8 Å². The van der Waals surface area contributed by atoms with Crippen LogP contribution < -0.4 is 9.62 Å². The Hall–Kier alpha value is -4.14. The molecule has 0 bridgehead atoms. The summed E-state index contributed by atoms with van der Waals surface area (Å²) in [6.07, 6.45) is 0.256. The number of aryl methyl sites for hydroxylation is 2. The number of anilines is 1. The van der Waals surface area contributed by atoms with Crippen molar-refractivity contribution in [3.05, 3.63) is 130 Å². The van der Waals surface area contributed by atoms with E-state index in [1.165, 1.54) is 36.2 Å². The topological polar surface area (TPSA) is 86.8 Å². The van der Waals surface area contributed by atoms with Crippen molar-refractivity contribution in [3.63, 3.8) is 0 Å². The van der Waals surface area contributed by atoms with E-state index < -0.39 is 28.5 Å². The lowest BCUT2D eigenvalue weighted by Gasteiger charge is -2.34. The zero-order chi connectivity index (χ0) is 30.3. The van der Waals surface area contributed by atoms with E-state index in [1.807, 2.05) is 61.5 Å². The van der Waals surface area contributed by atoms with Crippen LogP contribution in [0.4, 0.5) is 5.69 Å². The van der Waals surface area contributed by atoms with E-state index in [-0.39, 0.29) is 23.8 Å². The Labute approximate surface area is 252 Å². The van der Waals surface area contributed by atoms with E-state index in [4.69, 9.17) is 11.6 Å². The molecule has 0 spiro atoms. The third-order valence-corrected chi connectivity index (χ3v) is 9.04. The van der Waals surface area contributed by atoms with Crippen LogP contribution in [-0.2, 0) is 32.6 Å². The van der Waals surface area contributed by atoms with E-state index >= 15 is 0 Å². The average Bonchev–Trinajstić information content (AvgIpc) is 2.98. The molecule has 218 valence electrons. The Kier molecular flexibility index (Phi) is 10.0. The van der Waals surface area contributed by atoms with Gasteiger partial charge in [-0.25, -0.2) is 8.42 Å². The number of nitrogens with zero attached hydrogens (tertiary/aromatic N) is 2. The van der Waals surface area contributed by atoms with Crippen LogP contribution in [0.1, 0.15) is 22.3 Å². The van der Waals surface area contributed by atoms with Crippen molar-refractivity contribution in [2.24, 2.45) is 0 Å². The predicted molar refractivity (Wildman–Crippen MR) is 167 cm³/mol. The molecule has 4 aromatic rings. The number of para-hydroxylation sites is 1. The summed E-state index contributed by atoms with van der Waals surface area (Å²) >= 11 is 6.04. The van der Waals surface area contributed by atoms with Gasteiger partial charge in [0.05, 0.1) is 10.6 Å². The minimum absolute atomic E-state index is 0.000300. The number of carbonyl (C=O) groups is 2. The molecule has 7 nitrogen and oxygen atoms in total. The molecular formula is C33H34ClN3O4S. The molecule has 0 radical (unpaired) electrons. The first kappa shape index (κ1) is 30.8. The number of nitrogens with one attached hydrogen (secondary N) is 1. The highest BCUT2D eigenvalue weighted by Gasteiger charge is 2.34. The van der Waals surface area contributed by atoms with Crippen LogP contribution in [-0.4, -0.2) is 44.8 Å². The molecule has 4 rings (SSSR count). The number of halogens is 1. The van der Waals surface area contributed by atoms with Crippen LogP contribution in [0.3, 0.4) is 0 Å². The van der Waals surface area contributed by atoms with Gasteiger partial charge in [0.25, 0.3) is 10.0 Å². The van der Waals surface area contributed by atoms with E-state index in [9.17, 15) is 18.0 Å². The fourth-order valence-electron chi connectivity index (χ4n) is 4.82. The summed E-state index contributed by atoms with van der Waals surface area (Å²) in [5.41, 5.74) is 3.76. The number of hydrogen-bond acceptors (Lipinski definition) is 4. The van der Waals surface area contributed by atoms with Gasteiger partial charge in [-0.3, -0.25) is 13.9 Å². The maximum absolute atomic E-state index is 14.3. The number of hydrogen-bond donors (Lipinski definition) is 1. The van der Waals surface area contributed by atoms with E-state index in [0.717, 1.165) is 21.0 Å². The van der Waals surface area contributed by atoms with Gasteiger partial charge in [0.1, 0.15) is 12.6 Å². The first-order valence-electron chi connectivity index (χ1n) is 13.5. The molecule has 0 aliphatic carbocycles. The molecule has 1 atom stereocenters. The quantitative estimate of drug-likeness (QED) is 0.244. The first-order valence-corrected chi connectivity index (χ1v) is 15.4. The average molecular weight is 604 g/mol. The lowest BCUT2D eigenvalue weighted by atomic mass is 10.0. The van der Waals surface area contributed by atoms with Crippen molar-refractivity contribution in [1.82, 2.24) is 10.2 Å². The van der Waals surface area contributed by atoms with Crippen molar-refractivity contribution >= 4 is 39.1 Å². The van der Waals surface area contributed by atoms with Crippen LogP contribution in [0, 0.1) is 13.8 Å². The smallest absolute Gasteiger partial charge is 0.264 e. The summed E-state index contributed by atoms with van der Waals surface area (Å²) in [4.78, 5) is 29.1. The van der Waals surface area contributed by atoms with Crippen molar-refractivity contribution in [1.29, 1.82) is 0 Å². The Bertz CT molecular complexity index is 1640. The lowest BCUT2D eigenvalue weighted by Crippen LogP contribution is -2.53. The largest absolute Gasteiger partial charge is 0.357 e. The second-order valence-corrected chi connectivity index (χ2v) is 12.4. The number of likely N-dealkylation sites (N-methyl/N-ethyl adjacent to an activating group) is 1. The molecule has 2 amide bonds. The van der Waals surface area contributed by atoms with Gasteiger partial charge in [-0.1, -0.05) is 90.0 Å². The highest BCUT2D eigenvalue weighted by atomic mass is 35.5. The Balaban J connectivity index is 1.80. The van der Waals surface area contributed by atoms with Gasteiger partial charge in [0.15, 0.2) is 0 Å². The fraction of sp³-hybridized carbons (Fsp3) is 0.212. The minimum Gasteiger partial charge on any atom is -0.357 e. The number of rotatable bonds is 11. The molecule has 0 aliphatic rings.